The molecule has 79 heavy (non-hydrogen) atoms. The van der Waals surface area contributed by atoms with Crippen molar-refractivity contribution in [1.29, 1.82) is 10.5 Å². The first-order valence-corrected chi connectivity index (χ1v) is 36.9. The normalized spacial score (nSPS) is 32.3. The van der Waals surface area contributed by atoms with E-state index in [0.29, 0.717) is 63.6 Å². The number of phosphoric acid groups is 1. The van der Waals surface area contributed by atoms with E-state index in [4.69, 9.17) is 110 Å². The van der Waals surface area contributed by atoms with Gasteiger partial charge in [-0.3, -0.25) is 13.6 Å². The number of ether oxygens (including phenoxy) is 5. The molecule has 5 heterocycles. The Balaban J connectivity index is 0.000000392. The van der Waals surface area contributed by atoms with Crippen LogP contribution in [0.25, 0.3) is 0 Å². The van der Waals surface area contributed by atoms with Crippen molar-refractivity contribution in [1.82, 2.24) is 4.67 Å². The quantitative estimate of drug-likeness (QED) is 0.0524. The third-order valence-corrected chi connectivity index (χ3v) is 27.7. The van der Waals surface area contributed by atoms with Crippen LogP contribution in [0.2, 0.25) is 36.3 Å². The molecule has 5 aliphatic rings. The minimum absolute atomic E-state index is 0.0142. The number of hydrogen-bond donors (Lipinski definition) is 2. The van der Waals surface area contributed by atoms with E-state index in [0.717, 1.165) is 12.8 Å². The molecular formula is C52H98B5N3O15P2Si2. The summed E-state index contributed by atoms with van der Waals surface area (Å²) in [6.07, 6.45) is 3.23. The number of nitriles is 2. The van der Waals surface area contributed by atoms with Crippen LogP contribution in [0.3, 0.4) is 0 Å². The van der Waals surface area contributed by atoms with Crippen molar-refractivity contribution in [2.75, 3.05) is 26.4 Å². The summed E-state index contributed by atoms with van der Waals surface area (Å²) in [6.45, 7) is 36.5. The Morgan fingerprint density at radius 1 is 0.620 bits per heavy atom. The summed E-state index contributed by atoms with van der Waals surface area (Å²) in [7, 11) is 19.8. The lowest BCUT2D eigenvalue weighted by Crippen LogP contribution is -2.46. The number of aliphatic hydroxyl groups is 2. The largest absolute Gasteiger partial charge is 0.475 e. The highest BCUT2D eigenvalue weighted by molar-refractivity contribution is 7.48. The average Bonchev–Trinajstić information content (AvgIpc) is 4.15. The second kappa shape index (κ2) is 34.8. The molecule has 0 aromatic carbocycles. The second-order valence-corrected chi connectivity index (χ2v) is 36.9. The molecule has 2 N–H and O–H groups in total. The molecule has 18 nitrogen and oxygen atoms in total. The van der Waals surface area contributed by atoms with Gasteiger partial charge in [-0.05, 0) is 115 Å². The predicted octanol–water partition coefficient (Wildman–Crippen LogP) is 8.83. The topological polar surface area (TPSA) is 219 Å². The van der Waals surface area contributed by atoms with E-state index in [9.17, 15) is 9.67 Å². The predicted molar refractivity (Wildman–Crippen MR) is 318 cm³/mol. The summed E-state index contributed by atoms with van der Waals surface area (Å²) < 4.78 is 85.0. The molecule has 5 rings (SSSR count). The number of aliphatic hydroxyl groups excluding tert-OH is 2. The van der Waals surface area contributed by atoms with E-state index in [1.807, 2.05) is 19.9 Å². The minimum Gasteiger partial charge on any atom is -0.411 e. The summed E-state index contributed by atoms with van der Waals surface area (Å²) in [6, 6.07) is 2.84. The van der Waals surface area contributed by atoms with E-state index < -0.39 is 57.2 Å². The van der Waals surface area contributed by atoms with E-state index in [2.05, 4.69) is 113 Å². The van der Waals surface area contributed by atoms with Crippen LogP contribution >= 0.6 is 16.3 Å². The molecule has 5 fully saturated rings. The van der Waals surface area contributed by atoms with Crippen LogP contribution in [0, 0.1) is 22.7 Å². The number of hydrogen-bond acceptors (Lipinski definition) is 18. The molecule has 17 atom stereocenters. The highest BCUT2D eigenvalue weighted by atomic mass is 31.2. The van der Waals surface area contributed by atoms with Crippen molar-refractivity contribution in [3.63, 3.8) is 0 Å². The lowest BCUT2D eigenvalue weighted by Gasteiger charge is -2.39. The zero-order valence-electron chi connectivity index (χ0n) is 51.0. The van der Waals surface area contributed by atoms with Crippen molar-refractivity contribution in [3.05, 3.63) is 0 Å². The summed E-state index contributed by atoms with van der Waals surface area (Å²) in [5, 5.41) is 36.1. The second-order valence-electron chi connectivity index (χ2n) is 24.4. The van der Waals surface area contributed by atoms with Crippen LogP contribution < -0.4 is 0 Å². The Morgan fingerprint density at radius 2 is 1.01 bits per heavy atom. The highest BCUT2D eigenvalue weighted by Crippen LogP contribution is 2.54. The van der Waals surface area contributed by atoms with Gasteiger partial charge in [0, 0.05) is 42.1 Å². The van der Waals surface area contributed by atoms with Crippen molar-refractivity contribution in [3.8, 4) is 12.1 Å². The van der Waals surface area contributed by atoms with Gasteiger partial charge in [0.2, 0.25) is 0 Å². The molecule has 0 aromatic rings. The molecule has 0 saturated carbocycles. The fourth-order valence-electron chi connectivity index (χ4n) is 8.77. The molecule has 0 bridgehead atoms. The van der Waals surface area contributed by atoms with E-state index >= 15 is 0 Å². The maximum atomic E-state index is 13.4. The van der Waals surface area contributed by atoms with Crippen LogP contribution in [0.1, 0.15) is 154 Å². The molecule has 10 radical (unpaired) electrons. The van der Waals surface area contributed by atoms with E-state index in [-0.39, 0.29) is 103 Å². The van der Waals surface area contributed by atoms with E-state index in [1.165, 1.54) is 0 Å². The Bertz CT molecular complexity index is 1870. The van der Waals surface area contributed by atoms with Gasteiger partial charge < -0.3 is 51.8 Å². The van der Waals surface area contributed by atoms with Crippen molar-refractivity contribution in [2.45, 2.75) is 294 Å². The van der Waals surface area contributed by atoms with Gasteiger partial charge >= 0.3 is 7.82 Å². The standard InChI is InChI=1S/C20H36B2NO7PSi.C15H28BN2O3P.C11H23BO3Si.C6H11BO2/c1-7-14-15(11-18(21)27-14)29-31(24,25-10-8-9-23)26-13-17-16(12-19(22)28-17)30-32(5,6)20(2,3)4;1-6-13-14(10-15(16)20-13)21-22(19-9-7-8-17)18(11(2)3)12(4)5;1-11(2,3)16(4,5)15-8-6-10(12)14-9(8)7-13;1-2-5-4(8)3-6(7)9-5/h14-19H,7-8,10-13H2,1-6H3;11-15H,6-7,9-10H2,1-5H3;8-10,13H,6-7H2,1-5H3;4-6,8H,2-3H2,1H3/t14-,15-,16-,17-,18-,19-,31?;13-,14-,15-,22?;8-,9-,10-;4-,5-,6-/m1111/s1. The van der Waals surface area contributed by atoms with Crippen LogP contribution in [0.15, 0.2) is 0 Å². The van der Waals surface area contributed by atoms with Gasteiger partial charge in [0.25, 0.3) is 8.53 Å². The first kappa shape index (κ1) is 74.9. The Kier molecular flexibility index (Phi) is 33.0. The van der Waals surface area contributed by atoms with Crippen LogP contribution in [-0.4, -0.2) is 200 Å². The minimum atomic E-state index is -4.01. The molecule has 5 saturated heterocycles. The first-order chi connectivity index (χ1) is 36.6. The molecule has 5 aliphatic heterocycles. The average molecular weight is 1180 g/mol. The monoisotopic (exact) mass is 1180 g/mol. The maximum absolute atomic E-state index is 13.4. The molecule has 0 aromatic heterocycles. The smallest absolute Gasteiger partial charge is 0.411 e. The summed E-state index contributed by atoms with van der Waals surface area (Å²) in [4.78, 5) is 0. The van der Waals surface area contributed by atoms with Crippen LogP contribution in [0.4, 0.5) is 0 Å². The Labute approximate surface area is 487 Å². The van der Waals surface area contributed by atoms with E-state index in [1.54, 1.807) is 0 Å². The van der Waals surface area contributed by atoms with Gasteiger partial charge in [-0.25, -0.2) is 9.24 Å². The molecule has 27 heteroatoms. The lowest BCUT2D eigenvalue weighted by atomic mass is 9.96. The third-order valence-electron chi connectivity index (χ3n) is 15.1. The van der Waals surface area contributed by atoms with Gasteiger partial charge in [0.1, 0.15) is 51.4 Å². The van der Waals surface area contributed by atoms with Gasteiger partial charge in [-0.1, -0.05) is 62.3 Å². The van der Waals surface area contributed by atoms with Gasteiger partial charge in [0.05, 0.1) is 100 Å². The van der Waals surface area contributed by atoms with Crippen molar-refractivity contribution >= 4 is 72.2 Å². The summed E-state index contributed by atoms with van der Waals surface area (Å²) in [5.41, 5.74) is 0. The fourth-order valence-corrected chi connectivity index (χ4v) is 14.6. The van der Waals surface area contributed by atoms with Gasteiger partial charge in [-0.15, -0.1) is 0 Å². The molecule has 0 amide bonds. The first-order valence-electron chi connectivity index (χ1n) is 28.5. The summed E-state index contributed by atoms with van der Waals surface area (Å²) in [5.74, 6) is 0. The third kappa shape index (κ3) is 25.0. The molecule has 0 spiro atoms. The highest BCUT2D eigenvalue weighted by Gasteiger charge is 2.47. The molecule has 2 unspecified atom stereocenters. The van der Waals surface area contributed by atoms with Crippen molar-refractivity contribution in [2.24, 2.45) is 0 Å². The van der Waals surface area contributed by atoms with Crippen LogP contribution in [-0.2, 0) is 59.7 Å². The number of nitrogens with zero attached hydrogens (tertiary/aromatic N) is 3. The lowest BCUT2D eigenvalue weighted by molar-refractivity contribution is -0.0193. The Morgan fingerprint density at radius 3 is 1.42 bits per heavy atom. The molecule has 0 aliphatic carbocycles. The zero-order chi connectivity index (χ0) is 60.3. The SMILES string of the molecule is [B][C@H]1C[C@@H](O)[C@@H](CC)O1.[B][C@H]1C[C@@H](OP(OCCC#N)N(C(C)C)C(C)C)[C@@H](CC)O1.[B][C@H]1C[C@@H](O[Si](C)(C)C(C)(C)C)[C@@H](CO)O1.[B][C@H]1C[C@@H](O[Si](C)(C)C(C)(C)C)[C@@H](COP(=O)(OCCC#N)O[C@@H]2C[C@H]([B])O[C@@H]2CC)O1. The number of rotatable bonds is 24. The summed E-state index contributed by atoms with van der Waals surface area (Å²) >= 11 is 0. The zero-order valence-corrected chi connectivity index (χ0v) is 54.8. The van der Waals surface area contributed by atoms with Gasteiger partial charge in [0.15, 0.2) is 16.6 Å². The number of phosphoric ester groups is 1. The van der Waals surface area contributed by atoms with Gasteiger partial charge in [-0.2, -0.15) is 10.5 Å². The fraction of sp³-hybridized carbons (Fsp3) is 0.962. The molecular weight excluding hydrogens is 1080 g/mol. The Hall–Kier alpha value is -0.202. The molecule has 444 valence electrons. The van der Waals surface area contributed by atoms with Crippen LogP contribution in [0.5, 0.6) is 0 Å². The maximum Gasteiger partial charge on any atom is 0.475 e. The van der Waals surface area contributed by atoms with Crippen molar-refractivity contribution < 1.29 is 69.9 Å².